The summed E-state index contributed by atoms with van der Waals surface area (Å²) < 4.78 is 56.6. The van der Waals surface area contributed by atoms with E-state index in [0.717, 1.165) is 12.1 Å². The molecule has 3 aromatic rings. The molecule has 1 aromatic heterocycles. The van der Waals surface area contributed by atoms with Crippen molar-refractivity contribution >= 4 is 11.7 Å². The highest BCUT2D eigenvalue weighted by atomic mass is 19.4. The van der Waals surface area contributed by atoms with Gasteiger partial charge in [0, 0.05) is 31.3 Å². The first-order valence-electron chi connectivity index (χ1n) is 10.1. The topological polar surface area (TPSA) is 41.4 Å². The van der Waals surface area contributed by atoms with E-state index in [1.165, 1.54) is 21.7 Å². The molecule has 2 aromatic carbocycles. The Balaban J connectivity index is 1.81. The summed E-state index contributed by atoms with van der Waals surface area (Å²) in [6.45, 7) is -0.254. The molecule has 168 valence electrons. The third-order valence-corrected chi connectivity index (χ3v) is 5.32. The molecule has 0 N–H and O–H groups in total. The zero-order valence-corrected chi connectivity index (χ0v) is 17.6. The second-order valence-corrected chi connectivity index (χ2v) is 7.96. The van der Waals surface area contributed by atoms with E-state index in [9.17, 15) is 22.4 Å². The smallest absolute Gasteiger partial charge is 0.362 e. The maximum absolute atomic E-state index is 14.0. The molecule has 1 aliphatic rings. The molecule has 0 radical (unpaired) electrons. The molecule has 0 saturated heterocycles. The first-order valence-corrected chi connectivity index (χ1v) is 10.1. The molecule has 5 nitrogen and oxygen atoms in total. The van der Waals surface area contributed by atoms with Gasteiger partial charge in [-0.3, -0.25) is 4.79 Å². The van der Waals surface area contributed by atoms with Crippen LogP contribution >= 0.6 is 0 Å². The number of carbonyl (C=O) groups is 1. The van der Waals surface area contributed by atoms with Gasteiger partial charge in [-0.1, -0.05) is 18.2 Å². The van der Waals surface area contributed by atoms with Gasteiger partial charge in [-0.25, -0.2) is 9.07 Å². The summed E-state index contributed by atoms with van der Waals surface area (Å²) >= 11 is 0. The maximum atomic E-state index is 14.0. The van der Waals surface area contributed by atoms with Gasteiger partial charge < -0.3 is 9.80 Å². The van der Waals surface area contributed by atoms with Crippen molar-refractivity contribution in [3.05, 3.63) is 77.2 Å². The summed E-state index contributed by atoms with van der Waals surface area (Å²) in [5, 5.41) is 3.91. The van der Waals surface area contributed by atoms with E-state index in [4.69, 9.17) is 0 Å². The molecule has 0 unspecified atom stereocenters. The quantitative estimate of drug-likeness (QED) is 0.506. The molecular weight excluding hydrogens is 424 g/mol. The van der Waals surface area contributed by atoms with Crippen molar-refractivity contribution in [3.63, 3.8) is 0 Å². The molecule has 32 heavy (non-hydrogen) atoms. The highest BCUT2D eigenvalue weighted by Gasteiger charge is 2.42. The minimum absolute atomic E-state index is 0.0753. The van der Waals surface area contributed by atoms with Crippen molar-refractivity contribution in [2.24, 2.45) is 0 Å². The second-order valence-electron chi connectivity index (χ2n) is 7.96. The Labute approximate surface area is 182 Å². The number of rotatable bonds is 6. The lowest BCUT2D eigenvalue weighted by Gasteiger charge is -2.25. The monoisotopic (exact) mass is 446 g/mol. The number of hydrogen-bond acceptors (Lipinski definition) is 3. The van der Waals surface area contributed by atoms with Crippen LogP contribution in [0.3, 0.4) is 0 Å². The molecule has 0 aliphatic heterocycles. The Hall–Kier alpha value is -3.36. The van der Waals surface area contributed by atoms with Crippen LogP contribution in [-0.2, 0) is 12.7 Å². The predicted octanol–water partition coefficient (Wildman–Crippen LogP) is 4.90. The number of para-hydroxylation sites is 1. The van der Waals surface area contributed by atoms with Crippen molar-refractivity contribution in [2.75, 3.05) is 19.0 Å². The minimum Gasteiger partial charge on any atom is -0.362 e. The second kappa shape index (κ2) is 8.29. The zero-order chi connectivity index (χ0) is 23.0. The van der Waals surface area contributed by atoms with Crippen LogP contribution in [0.4, 0.5) is 23.4 Å². The SMILES string of the molecule is CN(C)c1c(CN(C(=O)c2ccc(F)cc2)C2CC2)c(C(F)(F)F)nn1-c1ccccc1. The molecule has 1 aliphatic carbocycles. The summed E-state index contributed by atoms with van der Waals surface area (Å²) in [4.78, 5) is 16.1. The fraction of sp³-hybridized carbons (Fsp3) is 0.304. The lowest BCUT2D eigenvalue weighted by molar-refractivity contribution is -0.142. The number of hydrogen-bond donors (Lipinski definition) is 0. The largest absolute Gasteiger partial charge is 0.435 e. The third-order valence-electron chi connectivity index (χ3n) is 5.32. The van der Waals surface area contributed by atoms with Crippen LogP contribution < -0.4 is 4.90 Å². The van der Waals surface area contributed by atoms with Gasteiger partial charge in [0.25, 0.3) is 5.91 Å². The van der Waals surface area contributed by atoms with Crippen LogP contribution in [-0.4, -0.2) is 40.7 Å². The lowest BCUT2D eigenvalue weighted by atomic mass is 10.1. The van der Waals surface area contributed by atoms with Crippen LogP contribution in [0, 0.1) is 5.82 Å². The van der Waals surface area contributed by atoms with Crippen LogP contribution in [0.2, 0.25) is 0 Å². The van der Waals surface area contributed by atoms with Gasteiger partial charge in [-0.15, -0.1) is 0 Å². The number of amides is 1. The van der Waals surface area contributed by atoms with Gasteiger partial charge >= 0.3 is 6.18 Å². The highest BCUT2D eigenvalue weighted by molar-refractivity contribution is 5.94. The summed E-state index contributed by atoms with van der Waals surface area (Å²) in [6.07, 6.45) is -3.29. The summed E-state index contributed by atoms with van der Waals surface area (Å²) in [6, 6.07) is 13.4. The van der Waals surface area contributed by atoms with Gasteiger partial charge in [-0.2, -0.15) is 18.3 Å². The van der Waals surface area contributed by atoms with Crippen molar-refractivity contribution in [1.82, 2.24) is 14.7 Å². The van der Waals surface area contributed by atoms with Gasteiger partial charge in [0.05, 0.1) is 12.2 Å². The number of alkyl halides is 3. The highest BCUT2D eigenvalue weighted by Crippen LogP contribution is 2.39. The first-order chi connectivity index (χ1) is 15.2. The molecule has 0 atom stereocenters. The van der Waals surface area contributed by atoms with E-state index in [1.807, 2.05) is 0 Å². The van der Waals surface area contributed by atoms with Crippen molar-refractivity contribution in [1.29, 1.82) is 0 Å². The van der Waals surface area contributed by atoms with E-state index < -0.39 is 23.6 Å². The molecular formula is C23H22F4N4O. The first kappa shape index (κ1) is 21.9. The summed E-state index contributed by atoms with van der Waals surface area (Å²) in [5.41, 5.74) is -0.388. The molecule has 1 fully saturated rings. The Kier molecular flexibility index (Phi) is 5.66. The number of halogens is 4. The average Bonchev–Trinajstić information content (AvgIpc) is 3.51. The van der Waals surface area contributed by atoms with Crippen molar-refractivity contribution in [3.8, 4) is 5.69 Å². The summed E-state index contributed by atoms with van der Waals surface area (Å²) in [7, 11) is 3.28. The van der Waals surface area contributed by atoms with Crippen LogP contribution in [0.25, 0.3) is 5.69 Å². The molecule has 9 heteroatoms. The molecule has 0 bridgehead atoms. The van der Waals surface area contributed by atoms with Crippen LogP contribution in [0.5, 0.6) is 0 Å². The number of nitrogens with zero attached hydrogens (tertiary/aromatic N) is 4. The Morgan fingerprint density at radius 1 is 1.06 bits per heavy atom. The Morgan fingerprint density at radius 2 is 1.69 bits per heavy atom. The van der Waals surface area contributed by atoms with E-state index in [2.05, 4.69) is 5.10 Å². The van der Waals surface area contributed by atoms with E-state index in [-0.39, 0.29) is 29.5 Å². The number of benzene rings is 2. The predicted molar refractivity (Wildman–Crippen MR) is 112 cm³/mol. The maximum Gasteiger partial charge on any atom is 0.435 e. The lowest BCUT2D eigenvalue weighted by Crippen LogP contribution is -2.34. The number of carbonyl (C=O) groups excluding carboxylic acids is 1. The normalized spacial score (nSPS) is 13.8. The average molecular weight is 446 g/mol. The Morgan fingerprint density at radius 3 is 2.22 bits per heavy atom. The summed E-state index contributed by atoms with van der Waals surface area (Å²) in [5.74, 6) is -0.670. The van der Waals surface area contributed by atoms with Gasteiger partial charge in [0.15, 0.2) is 5.69 Å². The van der Waals surface area contributed by atoms with Crippen molar-refractivity contribution in [2.45, 2.75) is 31.6 Å². The number of aromatic nitrogens is 2. The number of anilines is 1. The molecule has 1 heterocycles. The van der Waals surface area contributed by atoms with Gasteiger partial charge in [0.1, 0.15) is 11.6 Å². The minimum atomic E-state index is -4.70. The van der Waals surface area contributed by atoms with Crippen LogP contribution in [0.1, 0.15) is 34.5 Å². The standard InChI is InChI=1S/C23H22F4N4O/c1-29(2)21-19(20(23(25,26)27)28-31(21)18-6-4-3-5-7-18)14-30(17-12-13-17)22(32)15-8-10-16(24)11-9-15/h3-11,17H,12-14H2,1-2H3. The van der Waals surface area contributed by atoms with Crippen LogP contribution in [0.15, 0.2) is 54.6 Å². The zero-order valence-electron chi connectivity index (χ0n) is 17.6. The van der Waals surface area contributed by atoms with Gasteiger partial charge in [-0.05, 0) is 49.2 Å². The molecule has 4 rings (SSSR count). The van der Waals surface area contributed by atoms with E-state index in [0.29, 0.717) is 18.5 Å². The van der Waals surface area contributed by atoms with Gasteiger partial charge in [0.2, 0.25) is 0 Å². The molecule has 1 saturated carbocycles. The van der Waals surface area contributed by atoms with E-state index >= 15 is 0 Å². The molecule has 1 amide bonds. The molecule has 0 spiro atoms. The fourth-order valence-corrected chi connectivity index (χ4v) is 3.70. The fourth-order valence-electron chi connectivity index (χ4n) is 3.70. The van der Waals surface area contributed by atoms with Crippen molar-refractivity contribution < 1.29 is 22.4 Å². The third kappa shape index (κ3) is 4.32. The Bertz CT molecular complexity index is 1100. The van der Waals surface area contributed by atoms with E-state index in [1.54, 1.807) is 49.3 Å².